The van der Waals surface area contributed by atoms with Gasteiger partial charge in [0.25, 0.3) is 0 Å². The van der Waals surface area contributed by atoms with Gasteiger partial charge in [-0.3, -0.25) is 5.32 Å². The lowest BCUT2D eigenvalue weighted by atomic mass is 10.2. The molecule has 2 N–H and O–H groups in total. The van der Waals surface area contributed by atoms with Crippen LogP contribution in [-0.4, -0.2) is 27.1 Å². The molecule has 1 aromatic heterocycles. The summed E-state index contributed by atoms with van der Waals surface area (Å²) in [6.45, 7) is 0.496. The number of rotatable bonds is 4. The standard InChI is InChI=1S/C14H15N3O2S/c18-12-3-1-2-10(8-12)9-17(11-4-5-11)14(19)16-13-15-6-7-20-13/h1-3,6-8,11,18H,4-5,9H2,(H,15,16,19). The summed E-state index contributed by atoms with van der Waals surface area (Å²) in [7, 11) is 0. The molecule has 1 fully saturated rings. The van der Waals surface area contributed by atoms with Gasteiger partial charge >= 0.3 is 6.03 Å². The highest BCUT2D eigenvalue weighted by molar-refractivity contribution is 7.13. The van der Waals surface area contributed by atoms with E-state index in [0.29, 0.717) is 11.7 Å². The molecule has 0 saturated heterocycles. The predicted molar refractivity (Wildman–Crippen MR) is 77.8 cm³/mol. The van der Waals surface area contributed by atoms with Crippen LogP contribution >= 0.6 is 11.3 Å². The van der Waals surface area contributed by atoms with E-state index in [1.165, 1.54) is 11.3 Å². The second-order valence-electron chi connectivity index (χ2n) is 4.80. The molecule has 104 valence electrons. The molecule has 1 saturated carbocycles. The molecular weight excluding hydrogens is 274 g/mol. The Hall–Kier alpha value is -2.08. The van der Waals surface area contributed by atoms with Gasteiger partial charge in [0.05, 0.1) is 0 Å². The zero-order valence-electron chi connectivity index (χ0n) is 10.8. The van der Waals surface area contributed by atoms with Crippen molar-refractivity contribution in [2.24, 2.45) is 0 Å². The molecule has 0 radical (unpaired) electrons. The molecule has 1 heterocycles. The van der Waals surface area contributed by atoms with Gasteiger partial charge in [-0.15, -0.1) is 11.3 Å². The number of phenols is 1. The van der Waals surface area contributed by atoms with E-state index in [1.54, 1.807) is 29.3 Å². The van der Waals surface area contributed by atoms with E-state index in [0.717, 1.165) is 18.4 Å². The second-order valence-corrected chi connectivity index (χ2v) is 5.69. The minimum absolute atomic E-state index is 0.134. The van der Waals surface area contributed by atoms with Gasteiger partial charge in [0, 0.05) is 24.2 Å². The lowest BCUT2D eigenvalue weighted by Gasteiger charge is -2.22. The smallest absolute Gasteiger partial charge is 0.324 e. The summed E-state index contributed by atoms with van der Waals surface area (Å²) in [5.41, 5.74) is 0.922. The number of nitrogens with zero attached hydrogens (tertiary/aromatic N) is 2. The third-order valence-electron chi connectivity index (χ3n) is 3.16. The highest BCUT2D eigenvalue weighted by Gasteiger charge is 2.32. The summed E-state index contributed by atoms with van der Waals surface area (Å²) in [6, 6.07) is 7.16. The van der Waals surface area contributed by atoms with E-state index in [2.05, 4.69) is 10.3 Å². The number of anilines is 1. The van der Waals surface area contributed by atoms with Crippen molar-refractivity contribution in [1.82, 2.24) is 9.88 Å². The molecule has 0 spiro atoms. The molecule has 2 amide bonds. The van der Waals surface area contributed by atoms with Crippen molar-refractivity contribution >= 4 is 22.5 Å². The zero-order chi connectivity index (χ0) is 13.9. The molecule has 5 nitrogen and oxygen atoms in total. The number of benzene rings is 1. The maximum Gasteiger partial charge on any atom is 0.324 e. The average Bonchev–Trinajstić information content (AvgIpc) is 3.14. The first-order chi connectivity index (χ1) is 9.72. The lowest BCUT2D eigenvalue weighted by molar-refractivity contribution is 0.206. The molecule has 1 aliphatic carbocycles. The molecule has 0 atom stereocenters. The summed E-state index contributed by atoms with van der Waals surface area (Å²) in [5, 5.41) is 14.7. The Morgan fingerprint density at radius 3 is 3.00 bits per heavy atom. The van der Waals surface area contributed by atoms with Crippen molar-refractivity contribution in [3.05, 3.63) is 41.4 Å². The Bertz CT molecular complexity index is 596. The van der Waals surface area contributed by atoms with E-state index >= 15 is 0 Å². The van der Waals surface area contributed by atoms with Crippen LogP contribution in [0.25, 0.3) is 0 Å². The Morgan fingerprint density at radius 2 is 2.35 bits per heavy atom. The number of hydrogen-bond donors (Lipinski definition) is 2. The first-order valence-electron chi connectivity index (χ1n) is 6.47. The minimum Gasteiger partial charge on any atom is -0.508 e. The van der Waals surface area contributed by atoms with Gasteiger partial charge in [0.2, 0.25) is 0 Å². The summed E-state index contributed by atoms with van der Waals surface area (Å²) in [5.74, 6) is 0.221. The number of carbonyl (C=O) groups excluding carboxylic acids is 1. The number of nitrogens with one attached hydrogen (secondary N) is 1. The van der Waals surface area contributed by atoms with Crippen LogP contribution in [0.15, 0.2) is 35.8 Å². The van der Waals surface area contributed by atoms with Crippen molar-refractivity contribution in [2.75, 3.05) is 5.32 Å². The number of amides is 2. The van der Waals surface area contributed by atoms with Gasteiger partial charge < -0.3 is 10.0 Å². The number of urea groups is 1. The van der Waals surface area contributed by atoms with Crippen molar-refractivity contribution in [3.8, 4) is 5.75 Å². The number of aromatic nitrogens is 1. The predicted octanol–water partition coefficient (Wildman–Crippen LogP) is 3.05. The Labute approximate surface area is 120 Å². The van der Waals surface area contributed by atoms with Crippen LogP contribution < -0.4 is 5.32 Å². The molecule has 1 aromatic carbocycles. The maximum absolute atomic E-state index is 12.3. The summed E-state index contributed by atoms with van der Waals surface area (Å²) in [4.78, 5) is 18.2. The van der Waals surface area contributed by atoms with Crippen LogP contribution in [0, 0.1) is 0 Å². The van der Waals surface area contributed by atoms with E-state index < -0.39 is 0 Å². The Morgan fingerprint density at radius 1 is 1.50 bits per heavy atom. The summed E-state index contributed by atoms with van der Waals surface area (Å²) >= 11 is 1.40. The quantitative estimate of drug-likeness (QED) is 0.909. The Balaban J connectivity index is 1.70. The normalized spacial score (nSPS) is 14.0. The molecule has 0 unspecified atom stereocenters. The highest BCUT2D eigenvalue weighted by atomic mass is 32.1. The largest absolute Gasteiger partial charge is 0.508 e. The Kier molecular flexibility index (Phi) is 3.56. The lowest BCUT2D eigenvalue weighted by Crippen LogP contribution is -2.36. The molecular formula is C14H15N3O2S. The topological polar surface area (TPSA) is 65.5 Å². The van der Waals surface area contributed by atoms with Gasteiger partial charge in [-0.1, -0.05) is 12.1 Å². The number of carbonyl (C=O) groups is 1. The summed E-state index contributed by atoms with van der Waals surface area (Å²) < 4.78 is 0. The minimum atomic E-state index is -0.134. The van der Waals surface area contributed by atoms with Crippen molar-refractivity contribution < 1.29 is 9.90 Å². The van der Waals surface area contributed by atoms with Crippen molar-refractivity contribution in [2.45, 2.75) is 25.4 Å². The van der Waals surface area contributed by atoms with Crippen LogP contribution in [0.5, 0.6) is 5.75 Å². The van der Waals surface area contributed by atoms with Crippen LogP contribution in [0.1, 0.15) is 18.4 Å². The number of phenolic OH excluding ortho intramolecular Hbond substituents is 1. The van der Waals surface area contributed by atoms with Crippen LogP contribution in [0.4, 0.5) is 9.93 Å². The van der Waals surface area contributed by atoms with E-state index in [-0.39, 0.29) is 17.8 Å². The highest BCUT2D eigenvalue weighted by Crippen LogP contribution is 2.29. The van der Waals surface area contributed by atoms with Gasteiger partial charge in [-0.05, 0) is 30.5 Å². The monoisotopic (exact) mass is 289 g/mol. The maximum atomic E-state index is 12.3. The molecule has 20 heavy (non-hydrogen) atoms. The summed E-state index contributed by atoms with van der Waals surface area (Å²) in [6.07, 6.45) is 3.73. The van der Waals surface area contributed by atoms with Crippen LogP contribution in [0.3, 0.4) is 0 Å². The average molecular weight is 289 g/mol. The van der Waals surface area contributed by atoms with Crippen molar-refractivity contribution in [1.29, 1.82) is 0 Å². The SMILES string of the molecule is O=C(Nc1nccs1)N(Cc1cccc(O)c1)C1CC1. The molecule has 1 aliphatic rings. The van der Waals surface area contributed by atoms with E-state index in [1.807, 2.05) is 11.4 Å². The van der Waals surface area contributed by atoms with E-state index in [4.69, 9.17) is 0 Å². The number of thiazole rings is 1. The van der Waals surface area contributed by atoms with Gasteiger partial charge in [0.1, 0.15) is 5.75 Å². The third kappa shape index (κ3) is 3.08. The fraction of sp³-hybridized carbons (Fsp3) is 0.286. The molecule has 6 heteroatoms. The fourth-order valence-electron chi connectivity index (χ4n) is 2.05. The van der Waals surface area contributed by atoms with Gasteiger partial charge in [-0.25, -0.2) is 9.78 Å². The van der Waals surface area contributed by atoms with Crippen molar-refractivity contribution in [3.63, 3.8) is 0 Å². The van der Waals surface area contributed by atoms with Crippen LogP contribution in [0.2, 0.25) is 0 Å². The van der Waals surface area contributed by atoms with E-state index in [9.17, 15) is 9.90 Å². The van der Waals surface area contributed by atoms with Gasteiger partial charge in [-0.2, -0.15) is 0 Å². The zero-order valence-corrected chi connectivity index (χ0v) is 11.6. The second kappa shape index (κ2) is 5.50. The first-order valence-corrected chi connectivity index (χ1v) is 7.35. The fourth-order valence-corrected chi connectivity index (χ4v) is 2.57. The molecule has 0 bridgehead atoms. The number of aromatic hydroxyl groups is 1. The first kappa shape index (κ1) is 12.9. The molecule has 3 rings (SSSR count). The molecule has 0 aliphatic heterocycles. The third-order valence-corrected chi connectivity index (χ3v) is 3.85. The number of hydrogen-bond acceptors (Lipinski definition) is 4. The van der Waals surface area contributed by atoms with Crippen LogP contribution in [-0.2, 0) is 6.54 Å². The van der Waals surface area contributed by atoms with Gasteiger partial charge in [0.15, 0.2) is 5.13 Å². The molecule has 2 aromatic rings.